The summed E-state index contributed by atoms with van der Waals surface area (Å²) in [5, 5.41) is 3.93. The number of ether oxygens (including phenoxy) is 2. The zero-order valence-electron chi connectivity index (χ0n) is 16.5. The Bertz CT molecular complexity index is 796. The minimum absolute atomic E-state index is 0.177. The lowest BCUT2D eigenvalue weighted by Gasteiger charge is -2.07. The predicted molar refractivity (Wildman–Crippen MR) is 109 cm³/mol. The van der Waals surface area contributed by atoms with Gasteiger partial charge in [0.25, 0.3) is 5.91 Å². The van der Waals surface area contributed by atoms with E-state index >= 15 is 0 Å². The highest BCUT2D eigenvalue weighted by Crippen LogP contribution is 2.14. The highest BCUT2D eigenvalue weighted by molar-refractivity contribution is 5.89. The molecule has 6 nitrogen and oxygen atoms in total. The number of nitrogens with one attached hydrogen (secondary N) is 1. The molecule has 0 aliphatic heterocycles. The molecular formula is C22H26N2O4. The molecule has 2 rings (SSSR count). The molecule has 0 unspecified atom stereocenters. The van der Waals surface area contributed by atoms with Crippen LogP contribution < -0.4 is 10.2 Å². The number of amides is 1. The summed E-state index contributed by atoms with van der Waals surface area (Å²) in [6, 6.07) is 14.4. The van der Waals surface area contributed by atoms with E-state index < -0.39 is 0 Å². The van der Waals surface area contributed by atoms with Crippen molar-refractivity contribution >= 4 is 18.1 Å². The molecule has 0 bridgehead atoms. The molecule has 0 spiro atoms. The summed E-state index contributed by atoms with van der Waals surface area (Å²) in [5.74, 6) is 0.206. The second-order valence-electron chi connectivity index (χ2n) is 6.56. The number of nitrogens with zero attached hydrogens (tertiary/aromatic N) is 1. The van der Waals surface area contributed by atoms with E-state index in [0.29, 0.717) is 23.8 Å². The van der Waals surface area contributed by atoms with Gasteiger partial charge in [0.1, 0.15) is 5.75 Å². The van der Waals surface area contributed by atoms with Crippen LogP contribution in [0.4, 0.5) is 0 Å². The van der Waals surface area contributed by atoms with Crippen molar-refractivity contribution in [3.8, 4) is 5.75 Å². The molecule has 148 valence electrons. The first-order valence-corrected chi connectivity index (χ1v) is 9.31. The average Bonchev–Trinajstić information content (AvgIpc) is 2.71. The van der Waals surface area contributed by atoms with E-state index in [1.54, 1.807) is 30.5 Å². The van der Waals surface area contributed by atoms with Crippen molar-refractivity contribution in [3.63, 3.8) is 0 Å². The maximum Gasteiger partial charge on any atom is 0.338 e. The zero-order valence-corrected chi connectivity index (χ0v) is 16.5. The second kappa shape index (κ2) is 10.9. The smallest absolute Gasteiger partial charge is 0.338 e. The maximum absolute atomic E-state index is 11.8. The minimum atomic E-state index is -0.374. The summed E-state index contributed by atoms with van der Waals surface area (Å²) in [6.07, 6.45) is 2.35. The van der Waals surface area contributed by atoms with Gasteiger partial charge < -0.3 is 9.47 Å². The summed E-state index contributed by atoms with van der Waals surface area (Å²) in [5.41, 5.74) is 5.01. The molecule has 0 aliphatic rings. The lowest BCUT2D eigenvalue weighted by molar-refractivity contribution is -0.123. The lowest BCUT2D eigenvalue weighted by Crippen LogP contribution is -2.24. The summed E-state index contributed by atoms with van der Waals surface area (Å²) in [7, 11) is 0. The molecular weight excluding hydrogens is 356 g/mol. The van der Waals surface area contributed by atoms with Crippen molar-refractivity contribution in [3.05, 3.63) is 65.2 Å². The van der Waals surface area contributed by atoms with Gasteiger partial charge in [0, 0.05) is 0 Å². The van der Waals surface area contributed by atoms with Crippen molar-refractivity contribution in [2.75, 3.05) is 13.2 Å². The number of hydrazone groups is 1. The number of benzene rings is 2. The third-order valence-corrected chi connectivity index (χ3v) is 3.90. The largest absolute Gasteiger partial charge is 0.484 e. The van der Waals surface area contributed by atoms with Crippen LogP contribution in [0.3, 0.4) is 0 Å². The molecule has 1 amide bonds. The van der Waals surface area contributed by atoms with E-state index in [4.69, 9.17) is 9.47 Å². The first-order chi connectivity index (χ1) is 13.5. The lowest BCUT2D eigenvalue weighted by atomic mass is 10.0. The van der Waals surface area contributed by atoms with Crippen molar-refractivity contribution < 1.29 is 19.1 Å². The first kappa shape index (κ1) is 21.2. The van der Waals surface area contributed by atoms with Crippen molar-refractivity contribution in [2.45, 2.75) is 33.1 Å². The monoisotopic (exact) mass is 382 g/mol. The number of carbonyl (C=O) groups excluding carboxylic acids is 2. The summed E-state index contributed by atoms with van der Waals surface area (Å²) >= 11 is 0. The summed E-state index contributed by atoms with van der Waals surface area (Å²) in [4.78, 5) is 23.5. The van der Waals surface area contributed by atoms with Crippen LogP contribution in [-0.4, -0.2) is 31.3 Å². The van der Waals surface area contributed by atoms with Crippen LogP contribution in [0.25, 0.3) is 0 Å². The van der Waals surface area contributed by atoms with Gasteiger partial charge in [0.05, 0.1) is 18.4 Å². The van der Waals surface area contributed by atoms with Crippen LogP contribution >= 0.6 is 0 Å². The third kappa shape index (κ3) is 6.87. The highest BCUT2D eigenvalue weighted by atomic mass is 16.5. The van der Waals surface area contributed by atoms with Crippen LogP contribution in [0, 0.1) is 0 Å². The van der Waals surface area contributed by atoms with Crippen molar-refractivity contribution in [2.24, 2.45) is 5.10 Å². The van der Waals surface area contributed by atoms with Gasteiger partial charge in [-0.2, -0.15) is 5.10 Å². The standard InChI is InChI=1S/C22H26N2O4/c1-4-13-27-22(26)19-9-11-20(12-10-19)28-15-21(25)24-23-14-17-5-7-18(8-6-17)16(2)3/h5-12,14,16H,4,13,15H2,1-3H3,(H,24,25)/b23-14+. The van der Waals surface area contributed by atoms with E-state index in [1.807, 2.05) is 31.2 Å². The van der Waals surface area contributed by atoms with Crippen LogP contribution in [0.2, 0.25) is 0 Å². The third-order valence-electron chi connectivity index (χ3n) is 3.90. The molecule has 0 fully saturated rings. The molecule has 0 atom stereocenters. The van der Waals surface area contributed by atoms with Crippen LogP contribution in [0.5, 0.6) is 5.75 Å². The van der Waals surface area contributed by atoms with Gasteiger partial charge >= 0.3 is 5.97 Å². The van der Waals surface area contributed by atoms with Gasteiger partial charge in [0.2, 0.25) is 0 Å². The molecule has 0 radical (unpaired) electrons. The fraction of sp³-hybridized carbons (Fsp3) is 0.318. The molecule has 2 aromatic carbocycles. The topological polar surface area (TPSA) is 77.0 Å². The number of esters is 1. The van der Waals surface area contributed by atoms with Crippen LogP contribution in [0.1, 0.15) is 54.6 Å². The molecule has 1 N–H and O–H groups in total. The Morgan fingerprint density at radius 1 is 1.07 bits per heavy atom. The van der Waals surface area contributed by atoms with Gasteiger partial charge in [-0.25, -0.2) is 10.2 Å². The first-order valence-electron chi connectivity index (χ1n) is 9.31. The number of carbonyl (C=O) groups is 2. The van der Waals surface area contributed by atoms with Gasteiger partial charge in [0.15, 0.2) is 6.61 Å². The molecule has 0 aromatic heterocycles. The average molecular weight is 382 g/mol. The molecule has 6 heteroatoms. The van der Waals surface area contributed by atoms with E-state index in [0.717, 1.165) is 12.0 Å². The fourth-order valence-corrected chi connectivity index (χ4v) is 2.29. The van der Waals surface area contributed by atoms with E-state index in [-0.39, 0.29) is 18.5 Å². The SMILES string of the molecule is CCCOC(=O)c1ccc(OCC(=O)N/N=C/c2ccc(C(C)C)cc2)cc1. The van der Waals surface area contributed by atoms with E-state index in [1.165, 1.54) is 5.56 Å². The van der Waals surface area contributed by atoms with Crippen molar-refractivity contribution in [1.82, 2.24) is 5.43 Å². The normalized spacial score (nSPS) is 10.9. The Balaban J connectivity index is 1.76. The summed E-state index contributed by atoms with van der Waals surface area (Å²) < 4.78 is 10.4. The quantitative estimate of drug-likeness (QED) is 0.405. The number of rotatable bonds is 9. The second-order valence-corrected chi connectivity index (χ2v) is 6.56. The Kier molecular flexibility index (Phi) is 8.21. The molecule has 0 aliphatic carbocycles. The van der Waals surface area contributed by atoms with Gasteiger partial charge in [-0.3, -0.25) is 4.79 Å². The van der Waals surface area contributed by atoms with Crippen LogP contribution in [0.15, 0.2) is 53.6 Å². The zero-order chi connectivity index (χ0) is 20.4. The Morgan fingerprint density at radius 3 is 2.36 bits per heavy atom. The molecule has 0 heterocycles. The Labute approximate surface area is 165 Å². The Morgan fingerprint density at radius 2 is 1.75 bits per heavy atom. The number of hydrogen-bond donors (Lipinski definition) is 1. The Hall–Kier alpha value is -3.15. The van der Waals surface area contributed by atoms with Gasteiger partial charge in [-0.05, 0) is 47.7 Å². The van der Waals surface area contributed by atoms with Gasteiger partial charge in [-0.15, -0.1) is 0 Å². The maximum atomic E-state index is 11.8. The van der Waals surface area contributed by atoms with Crippen molar-refractivity contribution in [1.29, 1.82) is 0 Å². The van der Waals surface area contributed by atoms with Crippen LogP contribution in [-0.2, 0) is 9.53 Å². The minimum Gasteiger partial charge on any atom is -0.484 e. The number of hydrogen-bond acceptors (Lipinski definition) is 5. The molecule has 0 saturated carbocycles. The van der Waals surface area contributed by atoms with Gasteiger partial charge in [-0.1, -0.05) is 45.0 Å². The fourth-order valence-electron chi connectivity index (χ4n) is 2.29. The molecule has 2 aromatic rings. The predicted octanol–water partition coefficient (Wildman–Crippen LogP) is 3.91. The van der Waals surface area contributed by atoms with E-state index in [9.17, 15) is 9.59 Å². The van der Waals surface area contributed by atoms with E-state index in [2.05, 4.69) is 24.4 Å². The molecule has 28 heavy (non-hydrogen) atoms. The highest BCUT2D eigenvalue weighted by Gasteiger charge is 2.07. The summed E-state index contributed by atoms with van der Waals surface area (Å²) in [6.45, 7) is 6.41. The molecule has 0 saturated heterocycles.